The molecular weight excluding hydrogens is 174 g/mol. The highest BCUT2D eigenvalue weighted by Gasteiger charge is 2.28. The number of likely N-dealkylation sites (tertiary alicyclic amines) is 1. The first-order valence-corrected chi connectivity index (χ1v) is 5.90. The highest BCUT2D eigenvalue weighted by atomic mass is 16.5. The zero-order valence-corrected chi connectivity index (χ0v) is 10.3. The molecule has 0 aromatic carbocycles. The molecule has 1 aliphatic rings. The first-order chi connectivity index (χ1) is 6.50. The number of hydrogen-bond acceptors (Lipinski definition) is 2. The first kappa shape index (κ1) is 12.0. The predicted octanol–water partition coefficient (Wildman–Crippen LogP) is 2.53. The molecule has 0 aromatic rings. The highest BCUT2D eigenvalue weighted by Crippen LogP contribution is 2.22. The third-order valence-electron chi connectivity index (χ3n) is 3.04. The fraction of sp³-hybridized carbons (Fsp3) is 1.00. The molecule has 2 nitrogen and oxygen atoms in total. The molecule has 1 rings (SSSR count). The van der Waals surface area contributed by atoms with E-state index in [1.807, 2.05) is 0 Å². The van der Waals surface area contributed by atoms with Crippen LogP contribution in [-0.2, 0) is 4.74 Å². The van der Waals surface area contributed by atoms with Crippen LogP contribution in [0.15, 0.2) is 0 Å². The molecular formula is C12H25NO. The Hall–Kier alpha value is -0.0800. The molecule has 0 spiro atoms. The summed E-state index contributed by atoms with van der Waals surface area (Å²) in [4.78, 5) is 2.55. The standard InChI is InChI=1S/C12H25NO/c1-9(2)13-7-6-12(11(5)8-13)14-10(3)4/h9-12H,6-8H2,1-5H3/t11-,12+/m0/s1. The van der Waals surface area contributed by atoms with Crippen molar-refractivity contribution in [1.82, 2.24) is 4.90 Å². The van der Waals surface area contributed by atoms with Gasteiger partial charge in [-0.05, 0) is 40.0 Å². The molecule has 1 saturated heterocycles. The maximum atomic E-state index is 5.90. The van der Waals surface area contributed by atoms with Gasteiger partial charge in [0, 0.05) is 19.1 Å². The van der Waals surface area contributed by atoms with Crippen molar-refractivity contribution in [2.75, 3.05) is 13.1 Å². The van der Waals surface area contributed by atoms with Gasteiger partial charge in [0.05, 0.1) is 12.2 Å². The van der Waals surface area contributed by atoms with E-state index in [0.717, 1.165) is 0 Å². The average molecular weight is 199 g/mol. The molecule has 14 heavy (non-hydrogen) atoms. The lowest BCUT2D eigenvalue weighted by atomic mass is 9.95. The summed E-state index contributed by atoms with van der Waals surface area (Å²) in [6.45, 7) is 13.5. The van der Waals surface area contributed by atoms with Crippen LogP contribution in [0.4, 0.5) is 0 Å². The second-order valence-corrected chi connectivity index (χ2v) is 5.08. The smallest absolute Gasteiger partial charge is 0.0628 e. The molecule has 0 bridgehead atoms. The minimum atomic E-state index is 0.369. The third kappa shape index (κ3) is 3.25. The van der Waals surface area contributed by atoms with Crippen LogP contribution in [0.2, 0.25) is 0 Å². The highest BCUT2D eigenvalue weighted by molar-refractivity contribution is 4.80. The lowest BCUT2D eigenvalue weighted by Gasteiger charge is -2.39. The van der Waals surface area contributed by atoms with E-state index < -0.39 is 0 Å². The predicted molar refractivity (Wildman–Crippen MR) is 60.5 cm³/mol. The van der Waals surface area contributed by atoms with Crippen molar-refractivity contribution < 1.29 is 4.74 Å². The monoisotopic (exact) mass is 199 g/mol. The van der Waals surface area contributed by atoms with Crippen LogP contribution < -0.4 is 0 Å². The first-order valence-electron chi connectivity index (χ1n) is 5.90. The zero-order chi connectivity index (χ0) is 10.7. The fourth-order valence-corrected chi connectivity index (χ4v) is 2.18. The van der Waals surface area contributed by atoms with Gasteiger partial charge in [0.15, 0.2) is 0 Å². The molecule has 0 unspecified atom stereocenters. The molecule has 0 aromatic heterocycles. The van der Waals surface area contributed by atoms with Crippen molar-refractivity contribution in [2.24, 2.45) is 5.92 Å². The average Bonchev–Trinajstić information content (AvgIpc) is 2.07. The minimum Gasteiger partial charge on any atom is -0.375 e. The van der Waals surface area contributed by atoms with E-state index in [1.54, 1.807) is 0 Å². The van der Waals surface area contributed by atoms with Gasteiger partial charge in [-0.2, -0.15) is 0 Å². The number of nitrogens with zero attached hydrogens (tertiary/aromatic N) is 1. The van der Waals surface area contributed by atoms with E-state index in [2.05, 4.69) is 39.5 Å². The number of hydrogen-bond donors (Lipinski definition) is 0. The Morgan fingerprint density at radius 1 is 1.21 bits per heavy atom. The van der Waals surface area contributed by atoms with Gasteiger partial charge in [-0.15, -0.1) is 0 Å². The van der Waals surface area contributed by atoms with Crippen molar-refractivity contribution in [3.8, 4) is 0 Å². The molecule has 0 saturated carbocycles. The van der Waals surface area contributed by atoms with Crippen LogP contribution in [0.1, 0.15) is 41.0 Å². The molecule has 2 atom stereocenters. The van der Waals surface area contributed by atoms with E-state index in [1.165, 1.54) is 19.5 Å². The zero-order valence-electron chi connectivity index (χ0n) is 10.3. The Kier molecular flexibility index (Phi) is 4.39. The summed E-state index contributed by atoms with van der Waals surface area (Å²) in [6.07, 6.45) is 2.04. The Balaban J connectivity index is 2.39. The van der Waals surface area contributed by atoms with Crippen LogP contribution in [0.3, 0.4) is 0 Å². The summed E-state index contributed by atoms with van der Waals surface area (Å²) in [5, 5.41) is 0. The van der Waals surface area contributed by atoms with Gasteiger partial charge in [-0.1, -0.05) is 6.92 Å². The van der Waals surface area contributed by atoms with E-state index in [4.69, 9.17) is 4.74 Å². The quantitative estimate of drug-likeness (QED) is 0.692. The van der Waals surface area contributed by atoms with Crippen molar-refractivity contribution in [1.29, 1.82) is 0 Å². The van der Waals surface area contributed by atoms with Gasteiger partial charge in [-0.25, -0.2) is 0 Å². The summed E-state index contributed by atoms with van der Waals surface area (Å²) < 4.78 is 5.90. The molecule has 1 aliphatic heterocycles. The SMILES string of the molecule is CC(C)O[C@@H]1CCN(C(C)C)C[C@@H]1C. The molecule has 1 heterocycles. The minimum absolute atomic E-state index is 0.369. The molecule has 0 radical (unpaired) electrons. The van der Waals surface area contributed by atoms with Crippen molar-refractivity contribution in [2.45, 2.75) is 59.3 Å². The van der Waals surface area contributed by atoms with Crippen LogP contribution in [0.25, 0.3) is 0 Å². The molecule has 84 valence electrons. The Labute approximate surface area is 88.6 Å². The van der Waals surface area contributed by atoms with Crippen molar-refractivity contribution >= 4 is 0 Å². The summed E-state index contributed by atoms with van der Waals surface area (Å²) in [5.74, 6) is 0.675. The van der Waals surface area contributed by atoms with Gasteiger partial charge < -0.3 is 9.64 Å². The molecule has 0 amide bonds. The summed E-state index contributed by atoms with van der Waals surface area (Å²) in [7, 11) is 0. The summed E-state index contributed by atoms with van der Waals surface area (Å²) in [6, 6.07) is 0.678. The third-order valence-corrected chi connectivity index (χ3v) is 3.04. The lowest BCUT2D eigenvalue weighted by Crippen LogP contribution is -2.46. The molecule has 0 aliphatic carbocycles. The fourth-order valence-electron chi connectivity index (χ4n) is 2.18. The normalized spacial score (nSPS) is 30.2. The van der Waals surface area contributed by atoms with Crippen LogP contribution in [0.5, 0.6) is 0 Å². The van der Waals surface area contributed by atoms with Gasteiger partial charge in [0.1, 0.15) is 0 Å². The molecule has 2 heteroatoms. The summed E-state index contributed by atoms with van der Waals surface area (Å²) >= 11 is 0. The Morgan fingerprint density at radius 3 is 2.29 bits per heavy atom. The van der Waals surface area contributed by atoms with Gasteiger partial charge in [0.2, 0.25) is 0 Å². The van der Waals surface area contributed by atoms with Crippen LogP contribution in [-0.4, -0.2) is 36.2 Å². The number of rotatable bonds is 3. The van der Waals surface area contributed by atoms with E-state index >= 15 is 0 Å². The molecule has 1 fully saturated rings. The number of piperidine rings is 1. The Morgan fingerprint density at radius 2 is 1.86 bits per heavy atom. The van der Waals surface area contributed by atoms with Crippen molar-refractivity contribution in [3.05, 3.63) is 0 Å². The second kappa shape index (κ2) is 5.13. The van der Waals surface area contributed by atoms with Gasteiger partial charge in [-0.3, -0.25) is 0 Å². The van der Waals surface area contributed by atoms with Crippen LogP contribution >= 0.6 is 0 Å². The van der Waals surface area contributed by atoms with E-state index in [-0.39, 0.29) is 0 Å². The topological polar surface area (TPSA) is 12.5 Å². The summed E-state index contributed by atoms with van der Waals surface area (Å²) in [5.41, 5.74) is 0. The molecule has 0 N–H and O–H groups in total. The number of ether oxygens (including phenoxy) is 1. The van der Waals surface area contributed by atoms with Gasteiger partial charge >= 0.3 is 0 Å². The second-order valence-electron chi connectivity index (χ2n) is 5.08. The maximum Gasteiger partial charge on any atom is 0.0628 e. The Bertz CT molecular complexity index is 168. The van der Waals surface area contributed by atoms with E-state index in [0.29, 0.717) is 24.2 Å². The van der Waals surface area contributed by atoms with Crippen molar-refractivity contribution in [3.63, 3.8) is 0 Å². The van der Waals surface area contributed by atoms with E-state index in [9.17, 15) is 0 Å². The lowest BCUT2D eigenvalue weighted by molar-refractivity contribution is -0.0613. The van der Waals surface area contributed by atoms with Crippen LogP contribution in [0, 0.1) is 5.92 Å². The maximum absolute atomic E-state index is 5.90. The largest absolute Gasteiger partial charge is 0.375 e. The van der Waals surface area contributed by atoms with Gasteiger partial charge in [0.25, 0.3) is 0 Å².